The average molecular weight is 437 g/mol. The maximum atomic E-state index is 13.6. The van der Waals surface area contributed by atoms with Gasteiger partial charge >= 0.3 is 0 Å². The predicted molar refractivity (Wildman–Crippen MR) is 106 cm³/mol. The van der Waals surface area contributed by atoms with Crippen LogP contribution in [-0.2, 0) is 16.6 Å². The summed E-state index contributed by atoms with van der Waals surface area (Å²) < 4.78 is 54.0. The average Bonchev–Trinajstić information content (AvgIpc) is 2.70. The highest BCUT2D eigenvalue weighted by Crippen LogP contribution is 2.19. The van der Waals surface area contributed by atoms with E-state index in [-0.39, 0.29) is 22.6 Å². The van der Waals surface area contributed by atoms with Crippen LogP contribution in [0.3, 0.4) is 0 Å². The van der Waals surface area contributed by atoms with E-state index in [1.54, 1.807) is 12.1 Å². The molecular weight excluding hydrogens is 422 g/mol. The number of sulfonamides is 1. The molecule has 0 atom stereocenters. The topological polar surface area (TPSA) is 75.3 Å². The molecule has 150 valence electrons. The number of hydrogen-bond donors (Lipinski definition) is 2. The first-order chi connectivity index (χ1) is 13.7. The van der Waals surface area contributed by atoms with Gasteiger partial charge in [-0.15, -0.1) is 0 Å². The van der Waals surface area contributed by atoms with Crippen molar-refractivity contribution in [2.24, 2.45) is 0 Å². The molecule has 2 N–H and O–H groups in total. The molecule has 0 spiro atoms. The Balaban J connectivity index is 1.67. The lowest BCUT2D eigenvalue weighted by atomic mass is 10.2. The Labute approximate surface area is 171 Å². The van der Waals surface area contributed by atoms with Gasteiger partial charge in [-0.1, -0.05) is 11.6 Å². The number of anilines is 1. The normalized spacial score (nSPS) is 11.1. The van der Waals surface area contributed by atoms with Crippen LogP contribution in [0.4, 0.5) is 14.5 Å². The van der Waals surface area contributed by atoms with Crippen molar-refractivity contribution in [3.05, 3.63) is 94.5 Å². The fourth-order valence-electron chi connectivity index (χ4n) is 2.47. The van der Waals surface area contributed by atoms with Gasteiger partial charge in [0.1, 0.15) is 11.6 Å². The Morgan fingerprint density at radius 3 is 2.24 bits per heavy atom. The van der Waals surface area contributed by atoms with Gasteiger partial charge in [0, 0.05) is 28.4 Å². The second-order valence-corrected chi connectivity index (χ2v) is 8.17. The molecule has 29 heavy (non-hydrogen) atoms. The van der Waals surface area contributed by atoms with Crippen molar-refractivity contribution in [1.82, 2.24) is 5.32 Å². The summed E-state index contributed by atoms with van der Waals surface area (Å²) in [7, 11) is -3.85. The lowest BCUT2D eigenvalue weighted by molar-refractivity contribution is 0.0950. The van der Waals surface area contributed by atoms with Gasteiger partial charge < -0.3 is 5.32 Å². The molecule has 9 heteroatoms. The van der Waals surface area contributed by atoms with E-state index < -0.39 is 27.6 Å². The number of benzene rings is 3. The van der Waals surface area contributed by atoms with Crippen molar-refractivity contribution in [1.29, 1.82) is 0 Å². The van der Waals surface area contributed by atoms with Crippen molar-refractivity contribution in [2.75, 3.05) is 4.72 Å². The first-order valence-corrected chi connectivity index (χ1v) is 10.2. The summed E-state index contributed by atoms with van der Waals surface area (Å²) in [5.41, 5.74) is 0.519. The molecule has 3 aromatic carbocycles. The summed E-state index contributed by atoms with van der Waals surface area (Å²) in [6, 6.07) is 14.3. The molecular formula is C20H15ClF2N2O3S. The zero-order valence-corrected chi connectivity index (χ0v) is 16.4. The number of carbonyl (C=O) groups is 1. The Morgan fingerprint density at radius 1 is 0.931 bits per heavy atom. The molecule has 5 nitrogen and oxygen atoms in total. The number of amides is 1. The standard InChI is InChI=1S/C20H15ClF2N2O3S/c21-15-3-6-17(7-4-15)25-29(27,28)18-8-1-13(2-9-18)20(26)24-12-14-11-16(22)5-10-19(14)23/h1-11,25H,12H2,(H,24,26). The van der Waals surface area contributed by atoms with E-state index in [9.17, 15) is 22.0 Å². The van der Waals surface area contributed by atoms with Gasteiger partial charge in [-0.05, 0) is 66.7 Å². The monoisotopic (exact) mass is 436 g/mol. The minimum Gasteiger partial charge on any atom is -0.348 e. The molecule has 3 rings (SSSR count). The van der Waals surface area contributed by atoms with Crippen LogP contribution < -0.4 is 10.0 Å². The number of carbonyl (C=O) groups excluding carboxylic acids is 1. The third kappa shape index (κ3) is 5.30. The maximum absolute atomic E-state index is 13.6. The Hall–Kier alpha value is -2.97. The Bertz CT molecular complexity index is 1140. The van der Waals surface area contributed by atoms with E-state index >= 15 is 0 Å². The highest BCUT2D eigenvalue weighted by Gasteiger charge is 2.15. The van der Waals surface area contributed by atoms with Crippen molar-refractivity contribution >= 4 is 33.2 Å². The second-order valence-electron chi connectivity index (χ2n) is 6.06. The summed E-state index contributed by atoms with van der Waals surface area (Å²) >= 11 is 5.77. The zero-order valence-electron chi connectivity index (χ0n) is 14.8. The van der Waals surface area contributed by atoms with Crippen molar-refractivity contribution in [2.45, 2.75) is 11.4 Å². The minimum absolute atomic E-state index is 0.00436. The van der Waals surface area contributed by atoms with Crippen molar-refractivity contribution < 1.29 is 22.0 Å². The SMILES string of the molecule is O=C(NCc1cc(F)ccc1F)c1ccc(S(=O)(=O)Nc2ccc(Cl)cc2)cc1. The van der Waals surface area contributed by atoms with E-state index in [2.05, 4.69) is 10.0 Å². The van der Waals surface area contributed by atoms with Gasteiger partial charge in [-0.2, -0.15) is 0 Å². The van der Waals surface area contributed by atoms with E-state index in [1.807, 2.05) is 0 Å². The summed E-state index contributed by atoms with van der Waals surface area (Å²) in [5.74, 6) is -1.80. The fourth-order valence-corrected chi connectivity index (χ4v) is 3.66. The number of rotatable bonds is 6. The van der Waals surface area contributed by atoms with Crippen LogP contribution in [0.15, 0.2) is 71.6 Å². The van der Waals surface area contributed by atoms with Crippen molar-refractivity contribution in [3.8, 4) is 0 Å². The molecule has 0 fully saturated rings. The summed E-state index contributed by atoms with van der Waals surface area (Å²) in [6.07, 6.45) is 0. The molecule has 0 saturated carbocycles. The molecule has 0 heterocycles. The van der Waals surface area contributed by atoms with E-state index in [0.29, 0.717) is 10.7 Å². The smallest absolute Gasteiger partial charge is 0.261 e. The van der Waals surface area contributed by atoms with E-state index in [0.717, 1.165) is 18.2 Å². The third-order valence-electron chi connectivity index (χ3n) is 3.97. The molecule has 0 aliphatic heterocycles. The maximum Gasteiger partial charge on any atom is 0.261 e. The molecule has 0 radical (unpaired) electrons. The minimum atomic E-state index is -3.85. The van der Waals surface area contributed by atoms with Gasteiger partial charge in [-0.25, -0.2) is 17.2 Å². The first kappa shape index (κ1) is 20.8. The highest BCUT2D eigenvalue weighted by atomic mass is 35.5. The summed E-state index contributed by atoms with van der Waals surface area (Å²) in [4.78, 5) is 12.2. The third-order valence-corrected chi connectivity index (χ3v) is 5.62. The van der Waals surface area contributed by atoms with Crippen LogP contribution in [0, 0.1) is 11.6 Å². The molecule has 0 aromatic heterocycles. The van der Waals surface area contributed by atoms with Crippen LogP contribution in [0.1, 0.15) is 15.9 Å². The molecule has 0 saturated heterocycles. The Kier molecular flexibility index (Phi) is 6.14. The quantitative estimate of drug-likeness (QED) is 0.603. The lowest BCUT2D eigenvalue weighted by Gasteiger charge is -2.10. The summed E-state index contributed by atoms with van der Waals surface area (Å²) in [5, 5.41) is 2.94. The van der Waals surface area contributed by atoms with Crippen LogP contribution in [-0.4, -0.2) is 14.3 Å². The first-order valence-electron chi connectivity index (χ1n) is 8.35. The largest absolute Gasteiger partial charge is 0.348 e. The van der Waals surface area contributed by atoms with Crippen LogP contribution in [0.25, 0.3) is 0 Å². The Morgan fingerprint density at radius 2 is 1.59 bits per heavy atom. The van der Waals surface area contributed by atoms with E-state index in [4.69, 9.17) is 11.6 Å². The number of halogens is 3. The molecule has 0 aliphatic rings. The molecule has 0 aliphatic carbocycles. The van der Waals surface area contributed by atoms with Crippen molar-refractivity contribution in [3.63, 3.8) is 0 Å². The van der Waals surface area contributed by atoms with Crippen LogP contribution in [0.2, 0.25) is 5.02 Å². The van der Waals surface area contributed by atoms with Gasteiger partial charge in [0.05, 0.1) is 4.90 Å². The van der Waals surface area contributed by atoms with Gasteiger partial charge in [0.15, 0.2) is 0 Å². The van der Waals surface area contributed by atoms with Crippen LogP contribution >= 0.6 is 11.6 Å². The lowest BCUT2D eigenvalue weighted by Crippen LogP contribution is -2.23. The predicted octanol–water partition coefficient (Wildman–Crippen LogP) is 4.35. The molecule has 3 aromatic rings. The summed E-state index contributed by atoms with van der Waals surface area (Å²) in [6.45, 7) is -0.208. The molecule has 0 unspecified atom stereocenters. The highest BCUT2D eigenvalue weighted by molar-refractivity contribution is 7.92. The number of nitrogens with one attached hydrogen (secondary N) is 2. The van der Waals surface area contributed by atoms with E-state index in [1.165, 1.54) is 36.4 Å². The van der Waals surface area contributed by atoms with Crippen LogP contribution in [0.5, 0.6) is 0 Å². The number of hydrogen-bond acceptors (Lipinski definition) is 3. The van der Waals surface area contributed by atoms with Gasteiger partial charge in [-0.3, -0.25) is 9.52 Å². The van der Waals surface area contributed by atoms with Gasteiger partial charge in [0.25, 0.3) is 15.9 Å². The fraction of sp³-hybridized carbons (Fsp3) is 0.0500. The zero-order chi connectivity index (χ0) is 21.0. The second kappa shape index (κ2) is 8.59. The van der Waals surface area contributed by atoms with Gasteiger partial charge in [0.2, 0.25) is 0 Å². The molecule has 1 amide bonds. The molecule has 0 bridgehead atoms.